The van der Waals surface area contributed by atoms with Crippen molar-refractivity contribution in [2.75, 3.05) is 0 Å². The first-order valence-electron chi connectivity index (χ1n) is 8.02. The van der Waals surface area contributed by atoms with Crippen LogP contribution in [0.25, 0.3) is 0 Å². The summed E-state index contributed by atoms with van der Waals surface area (Å²) in [7, 11) is 0. The molecule has 0 aliphatic heterocycles. The number of nitrogens with one attached hydrogen (secondary N) is 1. The second kappa shape index (κ2) is 6.60. The fourth-order valence-corrected chi connectivity index (χ4v) is 3.23. The van der Waals surface area contributed by atoms with Crippen molar-refractivity contribution in [2.24, 2.45) is 11.7 Å². The van der Waals surface area contributed by atoms with Crippen LogP contribution in [0.15, 0.2) is 4.52 Å². The van der Waals surface area contributed by atoms with Crippen LogP contribution >= 0.6 is 0 Å². The van der Waals surface area contributed by atoms with Crippen LogP contribution in [0.5, 0.6) is 0 Å². The van der Waals surface area contributed by atoms with Crippen LogP contribution in [-0.4, -0.2) is 16.6 Å². The van der Waals surface area contributed by atoms with Gasteiger partial charge in [-0.3, -0.25) is 4.79 Å². The number of hydrogen-bond acceptors (Lipinski definition) is 4. The second-order valence-electron chi connectivity index (χ2n) is 6.26. The van der Waals surface area contributed by atoms with Crippen molar-refractivity contribution in [1.29, 1.82) is 0 Å². The van der Waals surface area contributed by atoms with Crippen LogP contribution < -0.4 is 11.1 Å². The van der Waals surface area contributed by atoms with Crippen molar-refractivity contribution in [2.45, 2.75) is 71.4 Å². The first kappa shape index (κ1) is 16.0. The van der Waals surface area contributed by atoms with Gasteiger partial charge in [0.1, 0.15) is 5.76 Å². The number of amides is 1. The lowest BCUT2D eigenvalue weighted by atomic mass is 9.74. The summed E-state index contributed by atoms with van der Waals surface area (Å²) >= 11 is 0. The summed E-state index contributed by atoms with van der Waals surface area (Å²) in [5.74, 6) is 0.831. The minimum absolute atomic E-state index is 0.0602. The van der Waals surface area contributed by atoms with Gasteiger partial charge in [0.15, 0.2) is 0 Å². The molecule has 5 nitrogen and oxygen atoms in total. The highest BCUT2D eigenvalue weighted by atomic mass is 16.5. The third-order valence-corrected chi connectivity index (χ3v) is 4.62. The average Bonchev–Trinajstić information content (AvgIpc) is 2.86. The van der Waals surface area contributed by atoms with Crippen molar-refractivity contribution in [3.8, 4) is 0 Å². The topological polar surface area (TPSA) is 81.2 Å². The van der Waals surface area contributed by atoms with Crippen LogP contribution in [0.3, 0.4) is 0 Å². The smallest absolute Gasteiger partial charge is 0.225 e. The fourth-order valence-electron chi connectivity index (χ4n) is 3.23. The van der Waals surface area contributed by atoms with E-state index in [1.165, 1.54) is 0 Å². The SMILES string of the molecule is CCc1noc(CC)c1CNC(=O)C1CCCCC1(C)N. The van der Waals surface area contributed by atoms with Crippen molar-refractivity contribution in [3.63, 3.8) is 0 Å². The molecule has 5 heteroatoms. The predicted octanol–water partition coefficient (Wildman–Crippen LogP) is 2.32. The maximum absolute atomic E-state index is 12.5. The first-order valence-corrected chi connectivity index (χ1v) is 8.02. The van der Waals surface area contributed by atoms with Crippen LogP contribution in [-0.2, 0) is 24.2 Å². The number of aromatic nitrogens is 1. The fraction of sp³-hybridized carbons (Fsp3) is 0.750. The molecule has 1 amide bonds. The van der Waals surface area contributed by atoms with Crippen molar-refractivity contribution in [1.82, 2.24) is 10.5 Å². The Kier molecular flexibility index (Phi) is 5.04. The van der Waals surface area contributed by atoms with Gasteiger partial charge in [-0.05, 0) is 26.2 Å². The Morgan fingerprint density at radius 1 is 1.43 bits per heavy atom. The molecule has 0 bridgehead atoms. The molecule has 2 unspecified atom stereocenters. The van der Waals surface area contributed by atoms with Gasteiger partial charge in [0.25, 0.3) is 0 Å². The minimum Gasteiger partial charge on any atom is -0.361 e. The van der Waals surface area contributed by atoms with E-state index in [0.717, 1.165) is 55.5 Å². The number of hydrogen-bond donors (Lipinski definition) is 2. The molecule has 1 aliphatic rings. The monoisotopic (exact) mass is 293 g/mol. The predicted molar refractivity (Wildman–Crippen MR) is 81.7 cm³/mol. The Morgan fingerprint density at radius 3 is 2.81 bits per heavy atom. The van der Waals surface area contributed by atoms with E-state index in [1.54, 1.807) is 0 Å². The van der Waals surface area contributed by atoms with E-state index < -0.39 is 5.54 Å². The summed E-state index contributed by atoms with van der Waals surface area (Å²) in [5, 5.41) is 7.11. The van der Waals surface area contributed by atoms with Gasteiger partial charge in [-0.2, -0.15) is 0 Å². The molecule has 1 aromatic rings. The summed E-state index contributed by atoms with van der Waals surface area (Å²) < 4.78 is 5.33. The highest BCUT2D eigenvalue weighted by Crippen LogP contribution is 2.31. The van der Waals surface area contributed by atoms with Gasteiger partial charge >= 0.3 is 0 Å². The molecule has 118 valence electrons. The zero-order valence-corrected chi connectivity index (χ0v) is 13.4. The molecule has 3 N–H and O–H groups in total. The van der Waals surface area contributed by atoms with E-state index in [4.69, 9.17) is 10.3 Å². The van der Waals surface area contributed by atoms with Gasteiger partial charge in [0, 0.05) is 24.1 Å². The Bertz CT molecular complexity index is 472. The minimum atomic E-state index is -0.391. The molecule has 1 fully saturated rings. The molecule has 1 saturated carbocycles. The number of rotatable bonds is 5. The molecule has 0 spiro atoms. The lowest BCUT2D eigenvalue weighted by Crippen LogP contribution is -2.52. The van der Waals surface area contributed by atoms with E-state index in [-0.39, 0.29) is 11.8 Å². The summed E-state index contributed by atoms with van der Waals surface area (Å²) in [4.78, 5) is 12.5. The number of nitrogens with two attached hydrogens (primary N) is 1. The average molecular weight is 293 g/mol. The van der Waals surface area contributed by atoms with Gasteiger partial charge in [0.2, 0.25) is 5.91 Å². The maximum atomic E-state index is 12.5. The van der Waals surface area contributed by atoms with Crippen LogP contribution in [0.2, 0.25) is 0 Å². The van der Waals surface area contributed by atoms with Crippen molar-refractivity contribution >= 4 is 5.91 Å². The lowest BCUT2D eigenvalue weighted by Gasteiger charge is -2.37. The molecule has 21 heavy (non-hydrogen) atoms. The quantitative estimate of drug-likeness (QED) is 0.873. The summed E-state index contributed by atoms with van der Waals surface area (Å²) in [6.45, 7) is 6.55. The first-order chi connectivity index (χ1) is 9.99. The zero-order chi connectivity index (χ0) is 15.5. The number of nitrogens with zero attached hydrogens (tertiary/aromatic N) is 1. The molecule has 1 aliphatic carbocycles. The van der Waals surface area contributed by atoms with Gasteiger partial charge in [-0.25, -0.2) is 0 Å². The zero-order valence-electron chi connectivity index (χ0n) is 13.4. The van der Waals surface area contributed by atoms with Crippen LogP contribution in [0.4, 0.5) is 0 Å². The molecule has 1 heterocycles. The Balaban J connectivity index is 2.02. The lowest BCUT2D eigenvalue weighted by molar-refractivity contribution is -0.128. The van der Waals surface area contributed by atoms with Crippen LogP contribution in [0, 0.1) is 5.92 Å². The molecule has 2 atom stereocenters. The second-order valence-corrected chi connectivity index (χ2v) is 6.26. The van der Waals surface area contributed by atoms with Crippen molar-refractivity contribution in [3.05, 3.63) is 17.0 Å². The summed E-state index contributed by atoms with van der Waals surface area (Å²) in [6.07, 6.45) is 5.59. The number of carbonyl (C=O) groups is 1. The largest absolute Gasteiger partial charge is 0.361 e. The molecule has 1 aromatic heterocycles. The Labute approximate surface area is 126 Å². The van der Waals surface area contributed by atoms with Crippen molar-refractivity contribution < 1.29 is 9.32 Å². The normalized spacial score (nSPS) is 25.8. The maximum Gasteiger partial charge on any atom is 0.225 e. The summed E-state index contributed by atoms with van der Waals surface area (Å²) in [6, 6.07) is 0. The number of carbonyl (C=O) groups excluding carboxylic acids is 1. The Morgan fingerprint density at radius 2 is 2.19 bits per heavy atom. The van der Waals surface area contributed by atoms with Gasteiger partial charge in [0.05, 0.1) is 11.6 Å². The van der Waals surface area contributed by atoms with Gasteiger partial charge < -0.3 is 15.6 Å². The standard InChI is InChI=1S/C16H27N3O2/c1-4-13-11(14(5-2)21-19-13)10-18-15(20)12-8-6-7-9-16(12,3)17/h12H,4-10,17H2,1-3H3,(H,18,20). The molecule has 0 radical (unpaired) electrons. The van der Waals surface area contributed by atoms with E-state index in [0.29, 0.717) is 6.54 Å². The van der Waals surface area contributed by atoms with E-state index in [9.17, 15) is 4.79 Å². The molecule has 2 rings (SSSR count). The molecular weight excluding hydrogens is 266 g/mol. The molecule has 0 aromatic carbocycles. The highest BCUT2D eigenvalue weighted by molar-refractivity contribution is 5.80. The van der Waals surface area contributed by atoms with E-state index in [2.05, 4.69) is 10.5 Å². The van der Waals surface area contributed by atoms with Gasteiger partial charge in [-0.15, -0.1) is 0 Å². The van der Waals surface area contributed by atoms with Crippen LogP contribution in [0.1, 0.15) is 63.5 Å². The third kappa shape index (κ3) is 3.46. The van der Waals surface area contributed by atoms with E-state index in [1.807, 2.05) is 20.8 Å². The summed E-state index contributed by atoms with van der Waals surface area (Å²) in [5.41, 5.74) is 7.87. The number of aryl methyl sites for hydroxylation is 2. The Hall–Kier alpha value is -1.36. The third-order valence-electron chi connectivity index (χ3n) is 4.62. The molecular formula is C16H27N3O2. The highest BCUT2D eigenvalue weighted by Gasteiger charge is 2.37. The molecule has 0 saturated heterocycles. The van der Waals surface area contributed by atoms with Gasteiger partial charge in [-0.1, -0.05) is 31.8 Å². The van der Waals surface area contributed by atoms with E-state index >= 15 is 0 Å².